The van der Waals surface area contributed by atoms with Crippen LogP contribution in [0.3, 0.4) is 0 Å². The number of nitrogens with zero attached hydrogens (tertiary/aromatic N) is 1. The van der Waals surface area contributed by atoms with Crippen LogP contribution in [0.15, 0.2) is 35.7 Å². The van der Waals surface area contributed by atoms with Gasteiger partial charge in [-0.25, -0.2) is 4.98 Å². The number of rotatable bonds is 10. The van der Waals surface area contributed by atoms with E-state index in [4.69, 9.17) is 9.47 Å². The first-order valence-corrected chi connectivity index (χ1v) is 9.49. The first-order chi connectivity index (χ1) is 13.5. The van der Waals surface area contributed by atoms with Crippen LogP contribution in [0, 0.1) is 0 Å². The van der Waals surface area contributed by atoms with Crippen LogP contribution < -0.4 is 5.32 Å². The van der Waals surface area contributed by atoms with Gasteiger partial charge in [0, 0.05) is 17.4 Å². The van der Waals surface area contributed by atoms with Crippen LogP contribution in [-0.2, 0) is 30.3 Å². The van der Waals surface area contributed by atoms with Crippen LogP contribution >= 0.6 is 11.3 Å². The highest BCUT2D eigenvalue weighted by Crippen LogP contribution is 2.16. The number of Topliss-reactive ketones (excluding diaryl/α,β-unsaturated/α-hetero) is 1. The first kappa shape index (κ1) is 21.2. The van der Waals surface area contributed by atoms with Crippen LogP contribution in [0.2, 0.25) is 0 Å². The minimum absolute atomic E-state index is 0.00810. The number of hydrogen-bond acceptors (Lipinski definition) is 8. The van der Waals surface area contributed by atoms with Gasteiger partial charge in [-0.05, 0) is 6.92 Å². The Hall–Kier alpha value is -3.07. The summed E-state index contributed by atoms with van der Waals surface area (Å²) in [7, 11) is 0. The lowest BCUT2D eigenvalue weighted by molar-refractivity contribution is -0.147. The van der Waals surface area contributed by atoms with Crippen molar-refractivity contribution in [1.82, 2.24) is 4.98 Å². The second-order valence-corrected chi connectivity index (χ2v) is 6.48. The number of carbonyl (C=O) groups is 4. The van der Waals surface area contributed by atoms with Crippen molar-refractivity contribution in [2.75, 3.05) is 18.5 Å². The Bertz CT molecular complexity index is 834. The summed E-state index contributed by atoms with van der Waals surface area (Å²) < 4.78 is 9.69. The molecule has 148 valence electrons. The molecule has 8 nitrogen and oxygen atoms in total. The Morgan fingerprint density at radius 2 is 1.79 bits per heavy atom. The highest BCUT2D eigenvalue weighted by molar-refractivity contribution is 7.13. The summed E-state index contributed by atoms with van der Waals surface area (Å²) in [5.41, 5.74) is 1.01. The Morgan fingerprint density at radius 3 is 2.50 bits per heavy atom. The average Bonchev–Trinajstić information content (AvgIpc) is 3.11. The third-order valence-corrected chi connectivity index (χ3v) is 4.25. The maximum atomic E-state index is 11.9. The van der Waals surface area contributed by atoms with Crippen molar-refractivity contribution >= 4 is 40.1 Å². The monoisotopic (exact) mass is 404 g/mol. The lowest BCUT2D eigenvalue weighted by atomic mass is 10.1. The van der Waals surface area contributed by atoms with E-state index in [1.807, 2.05) is 0 Å². The zero-order valence-electron chi connectivity index (χ0n) is 15.3. The fourth-order valence-corrected chi connectivity index (χ4v) is 2.89. The van der Waals surface area contributed by atoms with E-state index in [0.717, 1.165) is 11.3 Å². The number of ether oxygens (including phenoxy) is 2. The topological polar surface area (TPSA) is 112 Å². The molecule has 1 heterocycles. The number of aromatic nitrogens is 1. The number of anilines is 1. The number of benzene rings is 1. The molecule has 0 unspecified atom stereocenters. The number of thiazole rings is 1. The molecule has 1 N–H and O–H groups in total. The highest BCUT2D eigenvalue weighted by Gasteiger charge is 2.13. The van der Waals surface area contributed by atoms with E-state index in [0.29, 0.717) is 16.4 Å². The Balaban J connectivity index is 1.69. The lowest BCUT2D eigenvalue weighted by Gasteiger charge is -2.05. The molecule has 0 aliphatic rings. The molecule has 0 saturated carbocycles. The van der Waals surface area contributed by atoms with E-state index >= 15 is 0 Å². The number of esters is 2. The maximum absolute atomic E-state index is 11.9. The molecule has 1 aromatic carbocycles. The molecule has 1 aromatic heterocycles. The summed E-state index contributed by atoms with van der Waals surface area (Å²) in [4.78, 5) is 50.9. The van der Waals surface area contributed by atoms with Gasteiger partial charge in [0.05, 0.1) is 25.1 Å². The van der Waals surface area contributed by atoms with Crippen molar-refractivity contribution in [2.45, 2.75) is 26.2 Å². The third kappa shape index (κ3) is 7.28. The van der Waals surface area contributed by atoms with Gasteiger partial charge < -0.3 is 9.47 Å². The smallest absolute Gasteiger partial charge is 0.311 e. The predicted molar refractivity (Wildman–Crippen MR) is 102 cm³/mol. The van der Waals surface area contributed by atoms with Crippen molar-refractivity contribution in [1.29, 1.82) is 0 Å². The van der Waals surface area contributed by atoms with Gasteiger partial charge in [-0.3, -0.25) is 24.5 Å². The fourth-order valence-electron chi connectivity index (χ4n) is 2.16. The second kappa shape index (κ2) is 10.9. The normalized spacial score (nSPS) is 10.2. The summed E-state index contributed by atoms with van der Waals surface area (Å²) in [6, 6.07) is 8.63. The summed E-state index contributed by atoms with van der Waals surface area (Å²) in [6.07, 6.45) is -0.0826. The van der Waals surface area contributed by atoms with Crippen molar-refractivity contribution in [3.05, 3.63) is 47.0 Å². The molecular weight excluding hydrogens is 384 g/mol. The molecule has 0 spiro atoms. The molecule has 28 heavy (non-hydrogen) atoms. The summed E-state index contributed by atoms with van der Waals surface area (Å²) in [5.74, 6) is -1.76. The number of carbonyl (C=O) groups excluding carboxylic acids is 4. The van der Waals surface area contributed by atoms with Gasteiger partial charge in [0.1, 0.15) is 0 Å². The van der Waals surface area contributed by atoms with Crippen molar-refractivity contribution < 1.29 is 28.7 Å². The van der Waals surface area contributed by atoms with E-state index in [9.17, 15) is 19.2 Å². The van der Waals surface area contributed by atoms with Crippen LogP contribution in [0.25, 0.3) is 0 Å². The van der Waals surface area contributed by atoms with Gasteiger partial charge in [-0.15, -0.1) is 11.3 Å². The van der Waals surface area contributed by atoms with Crippen LogP contribution in [0.4, 0.5) is 5.13 Å². The highest BCUT2D eigenvalue weighted by atomic mass is 32.1. The molecule has 2 aromatic rings. The molecule has 0 aliphatic heterocycles. The quantitative estimate of drug-likeness (QED) is 0.478. The Morgan fingerprint density at radius 1 is 1.04 bits per heavy atom. The molecule has 0 radical (unpaired) electrons. The van der Waals surface area contributed by atoms with Crippen molar-refractivity contribution in [3.8, 4) is 0 Å². The second-order valence-electron chi connectivity index (χ2n) is 5.62. The van der Waals surface area contributed by atoms with Crippen LogP contribution in [0.1, 0.15) is 35.8 Å². The van der Waals surface area contributed by atoms with Gasteiger partial charge >= 0.3 is 11.9 Å². The number of amides is 1. The van der Waals surface area contributed by atoms with Crippen LogP contribution in [0.5, 0.6) is 0 Å². The van der Waals surface area contributed by atoms with Crippen molar-refractivity contribution in [2.24, 2.45) is 0 Å². The maximum Gasteiger partial charge on any atom is 0.311 e. The first-order valence-electron chi connectivity index (χ1n) is 8.61. The molecule has 9 heteroatoms. The van der Waals surface area contributed by atoms with E-state index < -0.39 is 24.5 Å². The number of hydrogen-bond donors (Lipinski definition) is 1. The van der Waals surface area contributed by atoms with Gasteiger partial charge in [0.25, 0.3) is 5.91 Å². The van der Waals surface area contributed by atoms with Crippen LogP contribution in [-0.4, -0.2) is 41.8 Å². The zero-order chi connectivity index (χ0) is 20.4. The van der Waals surface area contributed by atoms with E-state index in [1.165, 1.54) is 0 Å². The van der Waals surface area contributed by atoms with Gasteiger partial charge in [-0.1, -0.05) is 30.3 Å². The van der Waals surface area contributed by atoms with Gasteiger partial charge in [0.15, 0.2) is 17.5 Å². The SMILES string of the molecule is CCOC(=O)Cc1csc(NC(=O)COC(=O)CCC(=O)c2ccccc2)n1. The van der Waals surface area contributed by atoms with E-state index in [1.54, 1.807) is 42.6 Å². The molecule has 0 atom stereocenters. The summed E-state index contributed by atoms with van der Waals surface area (Å²) in [6.45, 7) is 1.52. The Labute approximate surface area is 165 Å². The standard InChI is InChI=1S/C19H20N2O6S/c1-2-26-18(25)10-14-12-28-19(20-14)21-16(23)11-27-17(24)9-8-15(22)13-6-4-3-5-7-13/h3-7,12H,2,8-11H2,1H3,(H,20,21,23). The Kier molecular flexibility index (Phi) is 8.29. The average molecular weight is 404 g/mol. The zero-order valence-corrected chi connectivity index (χ0v) is 16.1. The number of nitrogens with one attached hydrogen (secondary N) is 1. The van der Waals surface area contributed by atoms with Gasteiger partial charge in [0.2, 0.25) is 0 Å². The molecule has 2 rings (SSSR count). The molecule has 0 fully saturated rings. The molecule has 0 bridgehead atoms. The summed E-state index contributed by atoms with van der Waals surface area (Å²) in [5, 5.41) is 4.41. The summed E-state index contributed by atoms with van der Waals surface area (Å²) >= 11 is 1.15. The van der Waals surface area contributed by atoms with Gasteiger partial charge in [-0.2, -0.15) is 0 Å². The lowest BCUT2D eigenvalue weighted by Crippen LogP contribution is -2.21. The van der Waals surface area contributed by atoms with E-state index in [2.05, 4.69) is 10.3 Å². The van der Waals surface area contributed by atoms with E-state index in [-0.39, 0.29) is 31.7 Å². The predicted octanol–water partition coefficient (Wildman–Crippen LogP) is 2.39. The number of ketones is 1. The molecule has 0 aliphatic carbocycles. The largest absolute Gasteiger partial charge is 0.466 e. The molecular formula is C19H20N2O6S. The molecule has 0 saturated heterocycles. The molecule has 1 amide bonds. The third-order valence-electron chi connectivity index (χ3n) is 3.45. The minimum Gasteiger partial charge on any atom is -0.466 e. The van der Waals surface area contributed by atoms with Crippen molar-refractivity contribution in [3.63, 3.8) is 0 Å². The fraction of sp³-hybridized carbons (Fsp3) is 0.316. The minimum atomic E-state index is -0.637.